The van der Waals surface area contributed by atoms with Crippen LogP contribution in [0.5, 0.6) is 5.75 Å². The highest BCUT2D eigenvalue weighted by Crippen LogP contribution is 2.11. The van der Waals surface area contributed by atoms with Crippen LogP contribution in [0, 0.1) is 5.92 Å². The Morgan fingerprint density at radius 1 is 1.03 bits per heavy atom. The Balaban J connectivity index is 2.84. The Hall–Kier alpha value is -2.79. The fourth-order valence-corrected chi connectivity index (χ4v) is 2.62. The van der Waals surface area contributed by atoms with Crippen molar-refractivity contribution in [2.75, 3.05) is 12.3 Å². The van der Waals surface area contributed by atoms with Crippen LogP contribution in [0.15, 0.2) is 24.3 Å². The van der Waals surface area contributed by atoms with E-state index < -0.39 is 48.4 Å². The highest BCUT2D eigenvalue weighted by atomic mass is 32.1. The molecule has 0 saturated heterocycles. The molecule has 0 bridgehead atoms. The minimum Gasteiger partial charge on any atom is -0.508 e. The van der Waals surface area contributed by atoms with E-state index in [2.05, 4.69) is 28.6 Å². The second-order valence-corrected chi connectivity index (χ2v) is 7.43. The molecule has 7 N–H and O–H groups in total. The quantitative estimate of drug-likeness (QED) is 0.217. The number of phenols is 1. The van der Waals surface area contributed by atoms with Crippen LogP contribution in [0.3, 0.4) is 0 Å². The van der Waals surface area contributed by atoms with E-state index in [4.69, 9.17) is 10.8 Å². The van der Waals surface area contributed by atoms with Gasteiger partial charge in [0, 0.05) is 12.2 Å². The number of phenolic OH excluding ortho intramolecular Hbond substituents is 1. The van der Waals surface area contributed by atoms with Gasteiger partial charge in [-0.15, -0.1) is 0 Å². The van der Waals surface area contributed by atoms with Gasteiger partial charge >= 0.3 is 5.97 Å². The number of aliphatic carboxylic acids is 1. The van der Waals surface area contributed by atoms with Gasteiger partial charge in [-0.3, -0.25) is 14.4 Å². The fourth-order valence-electron chi connectivity index (χ4n) is 2.37. The molecule has 30 heavy (non-hydrogen) atoms. The second-order valence-electron chi connectivity index (χ2n) is 7.06. The zero-order valence-electron chi connectivity index (χ0n) is 16.8. The summed E-state index contributed by atoms with van der Waals surface area (Å²) < 4.78 is 0. The van der Waals surface area contributed by atoms with Crippen LogP contribution in [0.25, 0.3) is 0 Å². The summed E-state index contributed by atoms with van der Waals surface area (Å²) in [5.41, 5.74) is 6.34. The molecule has 0 saturated carbocycles. The van der Waals surface area contributed by atoms with Gasteiger partial charge in [-0.2, -0.15) is 12.6 Å². The van der Waals surface area contributed by atoms with E-state index >= 15 is 0 Å². The van der Waals surface area contributed by atoms with E-state index in [9.17, 15) is 24.3 Å². The normalized spacial score (nSPS) is 13.8. The van der Waals surface area contributed by atoms with Crippen LogP contribution in [0.2, 0.25) is 0 Å². The molecule has 0 aromatic heterocycles. The Kier molecular flexibility index (Phi) is 10.1. The zero-order valence-corrected chi connectivity index (χ0v) is 17.7. The van der Waals surface area contributed by atoms with E-state index in [1.165, 1.54) is 12.1 Å². The number of amides is 3. The number of carbonyl (C=O) groups excluding carboxylic acids is 3. The maximum atomic E-state index is 12.6. The Bertz CT molecular complexity index is 756. The summed E-state index contributed by atoms with van der Waals surface area (Å²) in [6, 6.07) is 2.86. The largest absolute Gasteiger partial charge is 0.508 e. The molecule has 1 aromatic rings. The van der Waals surface area contributed by atoms with Gasteiger partial charge in [-0.1, -0.05) is 26.0 Å². The maximum Gasteiger partial charge on any atom is 0.327 e. The third kappa shape index (κ3) is 8.29. The minimum absolute atomic E-state index is 0.0361. The van der Waals surface area contributed by atoms with E-state index in [0.29, 0.717) is 5.56 Å². The summed E-state index contributed by atoms with van der Waals surface area (Å²) >= 11 is 3.90. The molecule has 3 unspecified atom stereocenters. The predicted molar refractivity (Wildman–Crippen MR) is 113 cm³/mol. The van der Waals surface area contributed by atoms with Crippen LogP contribution < -0.4 is 21.7 Å². The number of hydrogen-bond donors (Lipinski definition) is 7. The Labute approximate surface area is 180 Å². The Morgan fingerprint density at radius 2 is 1.63 bits per heavy atom. The number of carboxylic acid groups (broad SMARTS) is 1. The van der Waals surface area contributed by atoms with E-state index in [1.807, 2.05) is 0 Å². The van der Waals surface area contributed by atoms with Crippen molar-refractivity contribution in [3.05, 3.63) is 29.8 Å². The summed E-state index contributed by atoms with van der Waals surface area (Å²) in [6.07, 6.45) is 0.0379. The lowest BCUT2D eigenvalue weighted by Crippen LogP contribution is -2.55. The number of aromatic hydroxyl groups is 1. The van der Waals surface area contributed by atoms with Crippen molar-refractivity contribution in [3.63, 3.8) is 0 Å². The topological polar surface area (TPSA) is 171 Å². The van der Waals surface area contributed by atoms with Gasteiger partial charge in [-0.25, -0.2) is 4.79 Å². The molecule has 10 nitrogen and oxygen atoms in total. The number of rotatable bonds is 11. The first kappa shape index (κ1) is 25.2. The molecular weight excluding hydrogens is 412 g/mol. The lowest BCUT2D eigenvalue weighted by molar-refractivity contribution is -0.141. The summed E-state index contributed by atoms with van der Waals surface area (Å²) in [4.78, 5) is 47.9. The van der Waals surface area contributed by atoms with Gasteiger partial charge in [0.15, 0.2) is 0 Å². The summed E-state index contributed by atoms with van der Waals surface area (Å²) in [7, 11) is 0. The smallest absolute Gasteiger partial charge is 0.327 e. The number of nitrogens with two attached hydrogens (primary N) is 1. The number of carboxylic acids is 1. The molecule has 0 heterocycles. The summed E-state index contributed by atoms with van der Waals surface area (Å²) in [5, 5.41) is 25.7. The predicted octanol–water partition coefficient (Wildman–Crippen LogP) is -0.982. The first-order valence-corrected chi connectivity index (χ1v) is 9.93. The molecule has 0 fully saturated rings. The van der Waals surface area contributed by atoms with Crippen LogP contribution in [-0.4, -0.2) is 64.3 Å². The fraction of sp³-hybridized carbons (Fsp3) is 0.474. The lowest BCUT2D eigenvalue weighted by atomic mass is 10.0. The zero-order chi connectivity index (χ0) is 22.8. The molecular formula is C19H28N4O6S. The molecule has 3 atom stereocenters. The SMILES string of the molecule is CC(C)C(N)C(=O)NCC(=O)NC(Cc1ccc(O)cc1)C(=O)NC(CS)C(=O)O. The van der Waals surface area contributed by atoms with Crippen molar-refractivity contribution in [3.8, 4) is 5.75 Å². The number of nitrogens with one attached hydrogen (secondary N) is 3. The molecule has 0 spiro atoms. The number of carbonyl (C=O) groups is 4. The maximum absolute atomic E-state index is 12.6. The first-order chi connectivity index (χ1) is 14.0. The van der Waals surface area contributed by atoms with E-state index in [-0.39, 0.29) is 23.8 Å². The lowest BCUT2D eigenvalue weighted by Gasteiger charge is -2.21. The molecule has 166 valence electrons. The van der Waals surface area contributed by atoms with Crippen LogP contribution >= 0.6 is 12.6 Å². The molecule has 0 aliphatic rings. The minimum atomic E-state index is -1.26. The van der Waals surface area contributed by atoms with Crippen LogP contribution in [0.1, 0.15) is 19.4 Å². The number of hydrogen-bond acceptors (Lipinski definition) is 7. The van der Waals surface area contributed by atoms with Gasteiger partial charge in [-0.05, 0) is 23.6 Å². The van der Waals surface area contributed by atoms with E-state index in [1.54, 1.807) is 26.0 Å². The third-order valence-corrected chi connectivity index (χ3v) is 4.63. The summed E-state index contributed by atoms with van der Waals surface area (Å²) in [5.74, 6) is -3.34. The van der Waals surface area contributed by atoms with E-state index in [0.717, 1.165) is 0 Å². The molecule has 3 amide bonds. The first-order valence-electron chi connectivity index (χ1n) is 9.29. The Morgan fingerprint density at radius 3 is 2.13 bits per heavy atom. The number of thiol groups is 1. The molecule has 1 rings (SSSR count). The molecule has 0 aliphatic heterocycles. The van der Waals surface area contributed by atoms with Crippen molar-refractivity contribution >= 4 is 36.3 Å². The van der Waals surface area contributed by atoms with Gasteiger partial charge < -0.3 is 31.9 Å². The molecule has 11 heteroatoms. The van der Waals surface area contributed by atoms with Gasteiger partial charge in [0.1, 0.15) is 17.8 Å². The third-order valence-electron chi connectivity index (χ3n) is 4.27. The standard InChI is InChI=1S/C19H28N4O6S/c1-10(2)16(20)18(27)21-8-15(25)22-13(7-11-3-5-12(24)6-4-11)17(26)23-14(9-30)19(28)29/h3-6,10,13-14,16,24,30H,7-9,20H2,1-2H3,(H,21,27)(H,22,25)(H,23,26)(H,28,29). The van der Waals surface area contributed by atoms with Gasteiger partial charge in [0.05, 0.1) is 12.6 Å². The van der Waals surface area contributed by atoms with Crippen LogP contribution in [0.4, 0.5) is 0 Å². The summed E-state index contributed by atoms with van der Waals surface area (Å²) in [6.45, 7) is 3.14. The highest BCUT2D eigenvalue weighted by Gasteiger charge is 2.26. The highest BCUT2D eigenvalue weighted by molar-refractivity contribution is 7.80. The molecule has 0 radical (unpaired) electrons. The second kappa shape index (κ2) is 12.0. The average molecular weight is 441 g/mol. The monoisotopic (exact) mass is 440 g/mol. The van der Waals surface area contributed by atoms with Crippen LogP contribution in [-0.2, 0) is 25.6 Å². The molecule has 1 aromatic carbocycles. The van der Waals surface area contributed by atoms with Crippen molar-refractivity contribution in [2.45, 2.75) is 38.4 Å². The van der Waals surface area contributed by atoms with Crippen molar-refractivity contribution in [2.24, 2.45) is 11.7 Å². The van der Waals surface area contributed by atoms with Crippen molar-refractivity contribution in [1.82, 2.24) is 16.0 Å². The van der Waals surface area contributed by atoms with Gasteiger partial charge in [0.2, 0.25) is 17.7 Å². The number of benzene rings is 1. The van der Waals surface area contributed by atoms with Gasteiger partial charge in [0.25, 0.3) is 0 Å². The molecule has 0 aliphatic carbocycles. The van der Waals surface area contributed by atoms with Crippen molar-refractivity contribution < 1.29 is 29.4 Å². The van der Waals surface area contributed by atoms with Crippen molar-refractivity contribution in [1.29, 1.82) is 0 Å². The average Bonchev–Trinajstić information content (AvgIpc) is 2.70.